The first-order valence-electron chi connectivity index (χ1n) is 11.8. The van der Waals surface area contributed by atoms with Crippen LogP contribution in [0.15, 0.2) is 48.5 Å². The van der Waals surface area contributed by atoms with E-state index in [2.05, 4.69) is 27.7 Å². The van der Waals surface area contributed by atoms with Crippen LogP contribution in [0, 0.1) is 0 Å². The van der Waals surface area contributed by atoms with Gasteiger partial charge in [-0.25, -0.2) is 4.98 Å². The summed E-state index contributed by atoms with van der Waals surface area (Å²) in [6.45, 7) is 2.39. The van der Waals surface area contributed by atoms with E-state index in [0.717, 1.165) is 75.1 Å². The zero-order valence-electron chi connectivity index (χ0n) is 18.2. The predicted octanol–water partition coefficient (Wildman–Crippen LogP) is 5.44. The summed E-state index contributed by atoms with van der Waals surface area (Å²) in [6.07, 6.45) is 5.97. The Morgan fingerprint density at radius 3 is 2.47 bits per heavy atom. The Morgan fingerprint density at radius 1 is 1.03 bits per heavy atom. The van der Waals surface area contributed by atoms with Crippen LogP contribution in [0.25, 0.3) is 11.0 Å². The molecule has 1 aliphatic carbocycles. The molecule has 3 aliphatic rings. The molecule has 1 aromatic heterocycles. The fourth-order valence-electron chi connectivity index (χ4n) is 5.61. The molecular weight excluding hydrogens is 422 g/mol. The molecule has 2 saturated heterocycles. The molecule has 6 heteroatoms. The maximum atomic E-state index is 13.5. The molecule has 3 aromatic rings. The topological polar surface area (TPSA) is 47.4 Å². The molecule has 0 bridgehead atoms. The Hall–Kier alpha value is -2.37. The number of halogens is 1. The number of imidazole rings is 1. The first kappa shape index (κ1) is 20.3. The second-order valence-electron chi connectivity index (χ2n) is 9.44. The van der Waals surface area contributed by atoms with Gasteiger partial charge in [-0.05, 0) is 68.4 Å². The fraction of sp³-hybridized carbons (Fsp3) is 0.462. The maximum Gasteiger partial charge on any atom is 0.233 e. The van der Waals surface area contributed by atoms with Gasteiger partial charge in [0.15, 0.2) is 0 Å². The van der Waals surface area contributed by atoms with Crippen LogP contribution in [-0.4, -0.2) is 40.1 Å². The van der Waals surface area contributed by atoms with Crippen LogP contribution >= 0.6 is 11.6 Å². The van der Waals surface area contributed by atoms with Gasteiger partial charge in [0.05, 0.1) is 16.4 Å². The zero-order chi connectivity index (χ0) is 21.7. The number of nitrogens with zero attached hydrogens (tertiary/aromatic N) is 3. The highest BCUT2D eigenvalue weighted by molar-refractivity contribution is 6.30. The van der Waals surface area contributed by atoms with E-state index in [1.165, 1.54) is 5.52 Å². The molecule has 2 aliphatic heterocycles. The molecule has 0 spiro atoms. The van der Waals surface area contributed by atoms with E-state index < -0.39 is 0 Å². The normalized spacial score (nSPS) is 23.0. The monoisotopic (exact) mass is 449 g/mol. The van der Waals surface area contributed by atoms with Gasteiger partial charge < -0.3 is 14.2 Å². The quantitative estimate of drug-likeness (QED) is 0.533. The molecule has 2 aromatic carbocycles. The highest BCUT2D eigenvalue weighted by atomic mass is 35.5. The Morgan fingerprint density at radius 2 is 1.78 bits per heavy atom. The van der Waals surface area contributed by atoms with Crippen molar-refractivity contribution in [1.82, 2.24) is 14.5 Å². The molecule has 3 fully saturated rings. The number of carbonyl (C=O) groups is 1. The van der Waals surface area contributed by atoms with Gasteiger partial charge in [0.25, 0.3) is 0 Å². The van der Waals surface area contributed by atoms with E-state index in [9.17, 15) is 4.79 Å². The highest BCUT2D eigenvalue weighted by Gasteiger charge is 2.53. The summed E-state index contributed by atoms with van der Waals surface area (Å²) in [5, 5.41) is 0.715. The number of rotatable bonds is 4. The lowest BCUT2D eigenvalue weighted by atomic mass is 9.93. The lowest BCUT2D eigenvalue weighted by Gasteiger charge is -2.36. The zero-order valence-corrected chi connectivity index (χ0v) is 18.9. The minimum Gasteiger partial charge on any atom is -0.370 e. The molecule has 1 saturated carbocycles. The SMILES string of the molecule is O=C(N1CCC(n2c([C@H]3CCCO3)nc3ccccc32)CC1)C1(c2ccc(Cl)cc2)CC1. The number of aromatic nitrogens is 2. The molecule has 32 heavy (non-hydrogen) atoms. The van der Waals surface area contributed by atoms with E-state index in [1.54, 1.807) is 0 Å². The molecule has 0 radical (unpaired) electrons. The van der Waals surface area contributed by atoms with Crippen LogP contribution in [0.2, 0.25) is 5.02 Å². The summed E-state index contributed by atoms with van der Waals surface area (Å²) in [5.74, 6) is 1.35. The number of likely N-dealkylation sites (tertiary alicyclic amines) is 1. The summed E-state index contributed by atoms with van der Waals surface area (Å²) >= 11 is 6.06. The lowest BCUT2D eigenvalue weighted by molar-refractivity contribution is -0.135. The molecule has 5 nitrogen and oxygen atoms in total. The van der Waals surface area contributed by atoms with Gasteiger partial charge in [-0.1, -0.05) is 35.9 Å². The Kier molecular flexibility index (Phi) is 4.99. The van der Waals surface area contributed by atoms with Gasteiger partial charge in [0, 0.05) is 30.8 Å². The van der Waals surface area contributed by atoms with Crippen LogP contribution in [0.4, 0.5) is 0 Å². The van der Waals surface area contributed by atoms with Crippen molar-refractivity contribution < 1.29 is 9.53 Å². The highest BCUT2D eigenvalue weighted by Crippen LogP contribution is 2.50. The summed E-state index contributed by atoms with van der Waals surface area (Å²) < 4.78 is 8.43. The van der Waals surface area contributed by atoms with Gasteiger partial charge in [-0.15, -0.1) is 0 Å². The number of para-hydroxylation sites is 2. The van der Waals surface area contributed by atoms with Crippen molar-refractivity contribution in [2.45, 2.75) is 56.1 Å². The van der Waals surface area contributed by atoms with E-state index in [-0.39, 0.29) is 17.4 Å². The molecule has 0 unspecified atom stereocenters. The molecule has 1 amide bonds. The van der Waals surface area contributed by atoms with E-state index >= 15 is 0 Å². The number of benzene rings is 2. The number of amides is 1. The largest absolute Gasteiger partial charge is 0.370 e. The van der Waals surface area contributed by atoms with Crippen molar-refractivity contribution in [3.05, 3.63) is 64.9 Å². The first-order chi connectivity index (χ1) is 15.7. The summed E-state index contributed by atoms with van der Waals surface area (Å²) in [5.41, 5.74) is 3.00. The van der Waals surface area contributed by atoms with Crippen LogP contribution in [0.5, 0.6) is 0 Å². The average Bonchev–Trinajstić information content (AvgIpc) is 3.28. The molecule has 1 atom stereocenters. The Bertz CT molecular complexity index is 1140. The van der Waals surface area contributed by atoms with Crippen molar-refractivity contribution in [1.29, 1.82) is 0 Å². The second kappa shape index (κ2) is 7.89. The van der Waals surface area contributed by atoms with E-state index in [0.29, 0.717) is 11.1 Å². The predicted molar refractivity (Wildman–Crippen MR) is 125 cm³/mol. The Labute approximate surface area is 193 Å². The molecular formula is C26H28ClN3O2. The van der Waals surface area contributed by atoms with Crippen molar-refractivity contribution in [3.63, 3.8) is 0 Å². The summed E-state index contributed by atoms with van der Waals surface area (Å²) in [7, 11) is 0. The summed E-state index contributed by atoms with van der Waals surface area (Å²) in [4.78, 5) is 20.6. The third-order valence-electron chi connectivity index (χ3n) is 7.51. The first-order valence-corrected chi connectivity index (χ1v) is 12.2. The van der Waals surface area contributed by atoms with Gasteiger partial charge in [0.1, 0.15) is 11.9 Å². The molecule has 166 valence electrons. The number of carbonyl (C=O) groups excluding carboxylic acids is 1. The standard InChI is InChI=1S/C26H28ClN3O2/c27-19-9-7-18(8-10-19)26(13-14-26)25(31)29-15-11-20(12-16-29)30-22-5-2-1-4-21(22)28-24(30)23-6-3-17-32-23/h1-2,4-5,7-10,20,23H,3,6,11-17H2/t23-/m1/s1. The van der Waals surface area contributed by atoms with Crippen molar-refractivity contribution in [2.24, 2.45) is 0 Å². The number of hydrogen-bond acceptors (Lipinski definition) is 3. The smallest absolute Gasteiger partial charge is 0.233 e. The second-order valence-corrected chi connectivity index (χ2v) is 9.88. The molecule has 3 heterocycles. The minimum atomic E-state index is -0.331. The fourth-order valence-corrected chi connectivity index (χ4v) is 5.73. The Balaban J connectivity index is 1.23. The number of hydrogen-bond donors (Lipinski definition) is 0. The summed E-state index contributed by atoms with van der Waals surface area (Å²) in [6, 6.07) is 16.6. The third kappa shape index (κ3) is 3.34. The maximum absolute atomic E-state index is 13.5. The lowest BCUT2D eigenvalue weighted by Crippen LogP contribution is -2.44. The minimum absolute atomic E-state index is 0.0849. The van der Waals surface area contributed by atoms with Crippen LogP contribution in [-0.2, 0) is 14.9 Å². The van der Waals surface area contributed by atoms with Gasteiger partial charge in [0.2, 0.25) is 5.91 Å². The average molecular weight is 450 g/mol. The van der Waals surface area contributed by atoms with Gasteiger partial charge >= 0.3 is 0 Å². The van der Waals surface area contributed by atoms with Crippen molar-refractivity contribution in [3.8, 4) is 0 Å². The van der Waals surface area contributed by atoms with Crippen molar-refractivity contribution >= 4 is 28.5 Å². The number of fused-ring (bicyclic) bond motifs is 1. The third-order valence-corrected chi connectivity index (χ3v) is 7.77. The van der Waals surface area contributed by atoms with Crippen LogP contribution in [0.1, 0.15) is 62.1 Å². The number of ether oxygens (including phenoxy) is 1. The van der Waals surface area contributed by atoms with E-state index in [4.69, 9.17) is 21.3 Å². The molecule has 6 rings (SSSR count). The van der Waals surface area contributed by atoms with Gasteiger partial charge in [-0.2, -0.15) is 0 Å². The van der Waals surface area contributed by atoms with E-state index in [1.807, 2.05) is 30.3 Å². The van der Waals surface area contributed by atoms with Crippen LogP contribution in [0.3, 0.4) is 0 Å². The van der Waals surface area contributed by atoms with Crippen LogP contribution < -0.4 is 0 Å². The van der Waals surface area contributed by atoms with Gasteiger partial charge in [-0.3, -0.25) is 4.79 Å². The number of piperidine rings is 1. The van der Waals surface area contributed by atoms with Crippen molar-refractivity contribution in [2.75, 3.05) is 19.7 Å². The molecule has 0 N–H and O–H groups in total.